The first kappa shape index (κ1) is 48.3. The van der Waals surface area contributed by atoms with Gasteiger partial charge in [0.25, 0.3) is 10.1 Å². The summed E-state index contributed by atoms with van der Waals surface area (Å²) in [5, 5.41) is 7.32. The Morgan fingerprint density at radius 3 is 1.38 bits per heavy atom. The SMILES string of the molecule is C(#Cc1ccc(OCCCN2CCCCC2)cc1)CCN1CCCCC1.CC#N.Cc1ccc(S(=O)(=O)OCCC#Cc2ccc(OCCCN3CCCCC3)cc2)cc1. The van der Waals surface area contributed by atoms with E-state index in [9.17, 15) is 8.42 Å². The Bertz CT molecular complexity index is 1890. The summed E-state index contributed by atoms with van der Waals surface area (Å²) in [6.45, 7) is 15.8. The average molecular weight is 837 g/mol. The number of hydrogen-bond donors (Lipinski definition) is 0. The molecule has 3 aliphatic heterocycles. The summed E-state index contributed by atoms with van der Waals surface area (Å²) < 4.78 is 41.0. The van der Waals surface area contributed by atoms with Crippen LogP contribution < -0.4 is 9.47 Å². The van der Waals surface area contributed by atoms with Crippen molar-refractivity contribution in [3.8, 4) is 41.2 Å². The smallest absolute Gasteiger partial charge is 0.297 e. The van der Waals surface area contributed by atoms with Crippen LogP contribution in [0.15, 0.2) is 77.7 Å². The average Bonchev–Trinajstić information content (AvgIpc) is 3.28. The van der Waals surface area contributed by atoms with E-state index in [1.54, 1.807) is 30.3 Å². The molecule has 0 spiro atoms. The first-order valence-corrected chi connectivity index (χ1v) is 23.6. The largest absolute Gasteiger partial charge is 0.494 e. The fraction of sp³-hybridized carbons (Fsp3) is 0.540. The minimum Gasteiger partial charge on any atom is -0.494 e. The van der Waals surface area contributed by atoms with Gasteiger partial charge in [0.05, 0.1) is 30.8 Å². The zero-order valence-corrected chi connectivity index (χ0v) is 37.2. The molecule has 60 heavy (non-hydrogen) atoms. The second-order valence-corrected chi connectivity index (χ2v) is 17.2. The molecule has 3 saturated heterocycles. The fourth-order valence-electron chi connectivity index (χ4n) is 7.29. The van der Waals surface area contributed by atoms with Gasteiger partial charge in [0.15, 0.2) is 0 Å². The molecule has 0 amide bonds. The van der Waals surface area contributed by atoms with Gasteiger partial charge in [-0.25, -0.2) is 0 Å². The molecule has 0 aliphatic carbocycles. The van der Waals surface area contributed by atoms with Crippen molar-refractivity contribution in [2.75, 3.05) is 78.7 Å². The number of nitriles is 1. The van der Waals surface area contributed by atoms with Crippen molar-refractivity contribution in [3.63, 3.8) is 0 Å². The number of ether oxygens (including phenoxy) is 2. The molecule has 324 valence electrons. The van der Waals surface area contributed by atoms with E-state index < -0.39 is 10.1 Å². The lowest BCUT2D eigenvalue weighted by molar-refractivity contribution is 0.205. The minimum absolute atomic E-state index is 0.0292. The number of likely N-dealkylation sites (tertiary alicyclic amines) is 3. The quantitative estimate of drug-likeness (QED) is 0.0796. The Morgan fingerprint density at radius 2 is 0.950 bits per heavy atom. The van der Waals surface area contributed by atoms with Gasteiger partial charge in [-0.1, -0.05) is 60.6 Å². The second kappa shape index (κ2) is 29.0. The number of piperidine rings is 3. The summed E-state index contributed by atoms with van der Waals surface area (Å²) in [6.07, 6.45) is 15.7. The standard InChI is InChI=1S/C25H31NO4S.C23H34N2O.C2H3N/c1-22-9-15-25(16-10-22)31(27,28)30-21-6-3-8-23-11-13-24(14-12-23)29-20-7-19-26-17-4-2-5-18-26;1-4-15-24(16-5-1)19-8-3-10-22-11-13-23(14-12-22)26-21-9-20-25-17-6-2-7-18-25;1-2-3/h9-16H,2,4-7,17-21H2,1H3;11-14H,1-2,4-9,15-21H2;1H3. The highest BCUT2D eigenvalue weighted by Crippen LogP contribution is 2.16. The molecule has 0 bridgehead atoms. The van der Waals surface area contributed by atoms with Crippen molar-refractivity contribution in [1.82, 2.24) is 14.7 Å². The molecular weight excluding hydrogens is 769 g/mol. The summed E-state index contributed by atoms with van der Waals surface area (Å²) >= 11 is 0. The fourth-order valence-corrected chi connectivity index (χ4v) is 8.20. The molecule has 10 heteroatoms. The Kier molecular flexibility index (Phi) is 23.4. The first-order valence-electron chi connectivity index (χ1n) is 22.2. The Morgan fingerprint density at radius 1 is 0.550 bits per heavy atom. The van der Waals surface area contributed by atoms with Gasteiger partial charge in [0.1, 0.15) is 11.5 Å². The van der Waals surface area contributed by atoms with Crippen LogP contribution >= 0.6 is 0 Å². The van der Waals surface area contributed by atoms with Crippen molar-refractivity contribution >= 4 is 10.1 Å². The van der Waals surface area contributed by atoms with Crippen molar-refractivity contribution in [3.05, 3.63) is 89.5 Å². The van der Waals surface area contributed by atoms with E-state index in [1.807, 2.05) is 31.2 Å². The molecule has 0 atom stereocenters. The molecule has 0 unspecified atom stereocenters. The molecule has 0 saturated carbocycles. The predicted octanol–water partition coefficient (Wildman–Crippen LogP) is 9.10. The summed E-state index contributed by atoms with van der Waals surface area (Å²) in [5.74, 6) is 14.4. The van der Waals surface area contributed by atoms with Gasteiger partial charge < -0.3 is 24.2 Å². The number of nitrogens with zero attached hydrogens (tertiary/aromatic N) is 4. The third kappa shape index (κ3) is 20.3. The van der Waals surface area contributed by atoms with Crippen LogP contribution in [0.1, 0.15) is 107 Å². The van der Waals surface area contributed by atoms with Crippen LogP contribution in [-0.2, 0) is 14.3 Å². The lowest BCUT2D eigenvalue weighted by Gasteiger charge is -2.26. The summed E-state index contributed by atoms with van der Waals surface area (Å²) in [7, 11) is -3.73. The van der Waals surface area contributed by atoms with Gasteiger partial charge in [0.2, 0.25) is 0 Å². The summed E-state index contributed by atoms with van der Waals surface area (Å²) in [5.41, 5.74) is 2.95. The molecule has 3 aromatic rings. The van der Waals surface area contributed by atoms with Gasteiger partial charge in [-0.3, -0.25) is 4.18 Å². The normalized spacial score (nSPS) is 15.9. The second-order valence-electron chi connectivity index (χ2n) is 15.6. The van der Waals surface area contributed by atoms with E-state index >= 15 is 0 Å². The summed E-state index contributed by atoms with van der Waals surface area (Å²) in [4.78, 5) is 7.79. The van der Waals surface area contributed by atoms with E-state index in [1.165, 1.54) is 111 Å². The monoisotopic (exact) mass is 836 g/mol. The van der Waals surface area contributed by atoms with E-state index in [4.69, 9.17) is 18.9 Å². The number of hydrogen-bond acceptors (Lipinski definition) is 9. The highest BCUT2D eigenvalue weighted by Gasteiger charge is 2.14. The van der Waals surface area contributed by atoms with Crippen molar-refractivity contribution in [2.45, 2.75) is 102 Å². The molecule has 9 nitrogen and oxygen atoms in total. The van der Waals surface area contributed by atoms with Crippen LogP contribution in [0.2, 0.25) is 0 Å². The first-order chi connectivity index (χ1) is 29.3. The van der Waals surface area contributed by atoms with E-state index in [0.29, 0.717) is 13.0 Å². The Balaban J connectivity index is 0.000000252. The van der Waals surface area contributed by atoms with Gasteiger partial charge in [-0.15, -0.1) is 0 Å². The molecular formula is C50H68N4O5S. The molecule has 3 fully saturated rings. The Hall–Kier alpha value is -4.34. The topological polar surface area (TPSA) is 95.3 Å². The molecule has 0 aromatic heterocycles. The minimum atomic E-state index is -3.73. The van der Waals surface area contributed by atoms with Crippen LogP contribution in [0.5, 0.6) is 11.5 Å². The van der Waals surface area contributed by atoms with Gasteiger partial charge >= 0.3 is 0 Å². The zero-order valence-electron chi connectivity index (χ0n) is 36.3. The predicted molar refractivity (Wildman–Crippen MR) is 243 cm³/mol. The lowest BCUT2D eigenvalue weighted by atomic mass is 10.1. The highest BCUT2D eigenvalue weighted by atomic mass is 32.2. The van der Waals surface area contributed by atoms with Crippen LogP contribution in [0.25, 0.3) is 0 Å². The molecule has 3 aromatic carbocycles. The van der Waals surface area contributed by atoms with E-state index in [-0.39, 0.29) is 11.5 Å². The van der Waals surface area contributed by atoms with Gasteiger partial charge in [-0.05, 0) is 158 Å². The molecule has 3 heterocycles. The maximum atomic E-state index is 12.1. The lowest BCUT2D eigenvalue weighted by Crippen LogP contribution is -2.31. The van der Waals surface area contributed by atoms with Gasteiger partial charge in [0, 0.05) is 50.5 Å². The zero-order chi connectivity index (χ0) is 42.5. The maximum absolute atomic E-state index is 12.1. The van der Waals surface area contributed by atoms with Crippen LogP contribution in [0.3, 0.4) is 0 Å². The number of aryl methyl sites for hydroxylation is 1. The van der Waals surface area contributed by atoms with E-state index in [2.05, 4.69) is 62.6 Å². The third-order valence-electron chi connectivity index (χ3n) is 10.6. The van der Waals surface area contributed by atoms with Crippen molar-refractivity contribution < 1.29 is 22.1 Å². The molecule has 0 radical (unpaired) electrons. The molecule has 3 aliphatic rings. The van der Waals surface area contributed by atoms with Crippen LogP contribution in [0, 0.1) is 41.9 Å². The van der Waals surface area contributed by atoms with Crippen molar-refractivity contribution in [2.24, 2.45) is 0 Å². The third-order valence-corrected chi connectivity index (χ3v) is 11.9. The number of benzene rings is 3. The highest BCUT2D eigenvalue weighted by molar-refractivity contribution is 7.86. The summed E-state index contributed by atoms with van der Waals surface area (Å²) in [6, 6.07) is 24.3. The molecule has 0 N–H and O–H groups in total. The molecule has 6 rings (SSSR count). The van der Waals surface area contributed by atoms with Gasteiger partial charge in [-0.2, -0.15) is 13.7 Å². The number of rotatable bonds is 16. The van der Waals surface area contributed by atoms with Crippen LogP contribution in [0.4, 0.5) is 0 Å². The van der Waals surface area contributed by atoms with Crippen molar-refractivity contribution in [1.29, 1.82) is 5.26 Å². The Labute approximate surface area is 362 Å². The van der Waals surface area contributed by atoms with E-state index in [0.717, 1.165) is 67.1 Å². The maximum Gasteiger partial charge on any atom is 0.297 e. The van der Waals surface area contributed by atoms with Crippen LogP contribution in [-0.4, -0.2) is 102 Å².